The van der Waals surface area contributed by atoms with Crippen molar-refractivity contribution in [3.63, 3.8) is 0 Å². The summed E-state index contributed by atoms with van der Waals surface area (Å²) in [5.74, 6) is 0. The first-order valence-corrected chi connectivity index (χ1v) is 16.7. The van der Waals surface area contributed by atoms with E-state index in [1.54, 1.807) is 22.3 Å². The zero-order valence-corrected chi connectivity index (χ0v) is 26.8. The zero-order valence-electron chi connectivity index (χ0n) is 21.6. The van der Waals surface area contributed by atoms with Crippen LogP contribution in [0.15, 0.2) is 84.9 Å². The van der Waals surface area contributed by atoms with Crippen molar-refractivity contribution in [2.45, 2.75) is 35.0 Å². The molecule has 184 valence electrons. The fraction of sp³-hybridized carbons (Fsp3) is 0.176. The summed E-state index contributed by atoms with van der Waals surface area (Å²) in [5.41, 5.74) is 17.3. The second-order valence-electron chi connectivity index (χ2n) is 10.2. The third-order valence-electron chi connectivity index (χ3n) is 7.30. The van der Waals surface area contributed by atoms with Crippen LogP contribution in [0, 0.1) is 27.7 Å². The van der Waals surface area contributed by atoms with Crippen molar-refractivity contribution in [1.82, 2.24) is 0 Å². The summed E-state index contributed by atoms with van der Waals surface area (Å²) >= 11 is -1.30. The Bertz CT molecular complexity index is 1370. The maximum Gasteiger partial charge on any atom is -1.00 e. The van der Waals surface area contributed by atoms with Gasteiger partial charge in [0, 0.05) is 0 Å². The van der Waals surface area contributed by atoms with Crippen molar-refractivity contribution in [3.05, 3.63) is 141 Å². The average molecular weight is 688 g/mol. The Morgan fingerprint density at radius 3 is 1.22 bits per heavy atom. The molecule has 37 heavy (non-hydrogen) atoms. The molecule has 6 rings (SSSR count). The Morgan fingerprint density at radius 2 is 0.838 bits per heavy atom. The first-order chi connectivity index (χ1) is 17.0. The largest absolute Gasteiger partial charge is 1.00 e. The second-order valence-corrected chi connectivity index (χ2v) is 15.6. The minimum Gasteiger partial charge on any atom is -1.00 e. The van der Waals surface area contributed by atoms with Gasteiger partial charge in [-0.3, -0.25) is 0 Å². The van der Waals surface area contributed by atoms with Crippen LogP contribution < -0.4 is 24.8 Å². The van der Waals surface area contributed by atoms with E-state index in [2.05, 4.69) is 125 Å². The van der Waals surface area contributed by atoms with E-state index in [1.165, 1.54) is 44.5 Å². The molecular formula is C34H30Cl2Hf. The van der Waals surface area contributed by atoms with E-state index < -0.39 is 22.9 Å². The van der Waals surface area contributed by atoms with Gasteiger partial charge < -0.3 is 24.8 Å². The first kappa shape index (κ1) is 27.8. The number of benzene rings is 4. The summed E-state index contributed by atoms with van der Waals surface area (Å²) in [7, 11) is 0. The summed E-state index contributed by atoms with van der Waals surface area (Å²) in [6, 6.07) is 32.4. The molecule has 0 aliphatic heterocycles. The fourth-order valence-electron chi connectivity index (χ4n) is 5.96. The van der Waals surface area contributed by atoms with Crippen molar-refractivity contribution in [3.8, 4) is 0 Å². The molecular weight excluding hydrogens is 658 g/mol. The molecule has 0 radical (unpaired) electrons. The van der Waals surface area contributed by atoms with Gasteiger partial charge >= 0.3 is 222 Å². The fourth-order valence-corrected chi connectivity index (χ4v) is 13.4. The molecule has 0 amide bonds. The maximum atomic E-state index is 2.49. The van der Waals surface area contributed by atoms with Gasteiger partial charge in [-0.2, -0.15) is 0 Å². The Hall–Kier alpha value is -2.19. The van der Waals surface area contributed by atoms with Gasteiger partial charge in [-0.1, -0.05) is 0 Å². The number of rotatable bonds is 4. The molecule has 0 fully saturated rings. The van der Waals surface area contributed by atoms with Crippen molar-refractivity contribution in [2.75, 3.05) is 0 Å². The standard InChI is InChI=1S/2C17H15.2ClH.Hf/c2*1-12-7-13(2)9-16(8-12)17-10-14-5-3-4-6-15(14)11-17;;;/h2*3-11H,1-2H3;2*1H;/q;;;;+2/p-2. The zero-order chi connectivity index (χ0) is 24.1. The maximum absolute atomic E-state index is 2.49. The Balaban J connectivity index is 0.00000160. The summed E-state index contributed by atoms with van der Waals surface area (Å²) in [6.07, 6.45) is 4.98. The predicted octanol–water partition coefficient (Wildman–Crippen LogP) is 2.90. The molecule has 0 saturated heterocycles. The number of fused-ring (bicyclic) bond motifs is 2. The quantitative estimate of drug-likeness (QED) is 0.290. The summed E-state index contributed by atoms with van der Waals surface area (Å²) < 4.78 is 1.13. The molecule has 2 aliphatic rings. The van der Waals surface area contributed by atoms with Gasteiger partial charge in [-0.25, -0.2) is 0 Å². The molecule has 2 aliphatic carbocycles. The monoisotopic (exact) mass is 688 g/mol. The molecule has 3 heteroatoms. The second kappa shape index (κ2) is 11.3. The summed E-state index contributed by atoms with van der Waals surface area (Å²) in [6.45, 7) is 8.91. The van der Waals surface area contributed by atoms with Gasteiger partial charge in [0.15, 0.2) is 0 Å². The van der Waals surface area contributed by atoms with E-state index in [1.807, 2.05) is 0 Å². The van der Waals surface area contributed by atoms with Crippen LogP contribution in [0.5, 0.6) is 0 Å². The van der Waals surface area contributed by atoms with Crippen LogP contribution in [0.25, 0.3) is 23.3 Å². The van der Waals surface area contributed by atoms with E-state index in [-0.39, 0.29) is 24.8 Å². The van der Waals surface area contributed by atoms with Gasteiger partial charge in [0.1, 0.15) is 0 Å². The first-order valence-electron chi connectivity index (χ1n) is 12.5. The van der Waals surface area contributed by atoms with E-state index in [4.69, 9.17) is 0 Å². The van der Waals surface area contributed by atoms with Crippen LogP contribution in [0.2, 0.25) is 0 Å². The van der Waals surface area contributed by atoms with Crippen LogP contribution in [-0.2, 0) is 22.9 Å². The van der Waals surface area contributed by atoms with Gasteiger partial charge in [-0.05, 0) is 0 Å². The molecule has 4 aromatic rings. The molecule has 2 unspecified atom stereocenters. The molecule has 4 aromatic carbocycles. The minimum absolute atomic E-state index is 0. The molecule has 0 spiro atoms. The van der Waals surface area contributed by atoms with Gasteiger partial charge in [0.2, 0.25) is 0 Å². The molecule has 0 bridgehead atoms. The number of allylic oxidation sites excluding steroid dienone is 2. The van der Waals surface area contributed by atoms with E-state index in [9.17, 15) is 0 Å². The SMILES string of the molecule is Cc1cc(C)cc(C2=Cc3ccccc3[CH]2[Hf+2][CH]2C(c3cc(C)cc(C)c3)=Cc3ccccc32)c1.[Cl-].[Cl-]. The van der Waals surface area contributed by atoms with E-state index in [0.717, 1.165) is 0 Å². The Labute approximate surface area is 245 Å². The van der Waals surface area contributed by atoms with Crippen LogP contribution in [0.3, 0.4) is 0 Å². The van der Waals surface area contributed by atoms with E-state index in [0.29, 0.717) is 7.35 Å². The molecule has 0 aromatic heterocycles. The van der Waals surface area contributed by atoms with Gasteiger partial charge in [-0.15, -0.1) is 0 Å². The molecule has 2 atom stereocenters. The van der Waals surface area contributed by atoms with Crippen LogP contribution in [0.1, 0.15) is 63.0 Å². The average Bonchev–Trinajstić information content (AvgIpc) is 3.37. The minimum atomic E-state index is -1.30. The number of hydrogen-bond acceptors (Lipinski definition) is 0. The van der Waals surface area contributed by atoms with Crippen LogP contribution in [-0.4, -0.2) is 0 Å². The van der Waals surface area contributed by atoms with Crippen molar-refractivity contribution in [1.29, 1.82) is 0 Å². The Kier molecular flexibility index (Phi) is 8.48. The third kappa shape index (κ3) is 5.37. The van der Waals surface area contributed by atoms with Crippen molar-refractivity contribution < 1.29 is 47.7 Å². The molecule has 0 heterocycles. The van der Waals surface area contributed by atoms with Crippen molar-refractivity contribution in [2.24, 2.45) is 0 Å². The summed E-state index contributed by atoms with van der Waals surface area (Å²) in [5, 5.41) is 0. The number of halogens is 2. The molecule has 0 nitrogen and oxygen atoms in total. The van der Waals surface area contributed by atoms with Crippen molar-refractivity contribution >= 4 is 23.3 Å². The number of aryl methyl sites for hydroxylation is 4. The van der Waals surface area contributed by atoms with Crippen LogP contribution in [0.4, 0.5) is 0 Å². The summed E-state index contributed by atoms with van der Waals surface area (Å²) in [4.78, 5) is 0. The molecule has 0 N–H and O–H groups in total. The topological polar surface area (TPSA) is 0 Å². The predicted molar refractivity (Wildman–Crippen MR) is 146 cm³/mol. The molecule has 0 saturated carbocycles. The Morgan fingerprint density at radius 1 is 0.486 bits per heavy atom. The normalized spacial score (nSPS) is 17.0. The van der Waals surface area contributed by atoms with Crippen LogP contribution >= 0.6 is 0 Å². The number of hydrogen-bond donors (Lipinski definition) is 0. The van der Waals surface area contributed by atoms with E-state index >= 15 is 0 Å². The smallest absolute Gasteiger partial charge is 1.00 e. The van der Waals surface area contributed by atoms with Gasteiger partial charge in [0.05, 0.1) is 0 Å². The van der Waals surface area contributed by atoms with Gasteiger partial charge in [0.25, 0.3) is 0 Å². The third-order valence-corrected chi connectivity index (χ3v) is 14.2.